The summed E-state index contributed by atoms with van der Waals surface area (Å²) in [7, 11) is -1.27. The maximum absolute atomic E-state index is 11.9. The third kappa shape index (κ3) is 6.13. The lowest BCUT2D eigenvalue weighted by molar-refractivity contribution is -0.0599. The molecule has 1 saturated heterocycles. The highest BCUT2D eigenvalue weighted by atomic mass is 32.2. The second-order valence-electron chi connectivity index (χ2n) is 5.55. The van der Waals surface area contributed by atoms with Crippen LogP contribution in [0.1, 0.15) is 39.5 Å². The molecule has 2 N–H and O–H groups in total. The zero-order chi connectivity index (χ0) is 13.6. The van der Waals surface area contributed by atoms with Crippen molar-refractivity contribution < 1.29 is 13.2 Å². The van der Waals surface area contributed by atoms with Crippen molar-refractivity contribution in [2.45, 2.75) is 51.2 Å². The molecular weight excluding hydrogens is 252 g/mol. The van der Waals surface area contributed by atoms with Crippen LogP contribution in [-0.2, 0) is 14.8 Å². The van der Waals surface area contributed by atoms with Crippen molar-refractivity contribution in [1.82, 2.24) is 10.0 Å². The standard InChI is InChI=1S/C12H26N2O3S/c1-12(2)10-11(6-8-17-12)14-18(15,16)9-5-4-7-13-3/h11,13-14H,4-10H2,1-3H3. The average molecular weight is 278 g/mol. The van der Waals surface area contributed by atoms with Gasteiger partial charge in [0.15, 0.2) is 0 Å². The highest BCUT2D eigenvalue weighted by molar-refractivity contribution is 7.89. The SMILES string of the molecule is CNCCCCS(=O)(=O)NC1CCOC(C)(C)C1. The summed E-state index contributed by atoms with van der Waals surface area (Å²) in [5, 5.41) is 3.01. The van der Waals surface area contributed by atoms with Gasteiger partial charge in [-0.15, -0.1) is 0 Å². The largest absolute Gasteiger partial charge is 0.375 e. The van der Waals surface area contributed by atoms with Crippen molar-refractivity contribution in [3.63, 3.8) is 0 Å². The van der Waals surface area contributed by atoms with Gasteiger partial charge in [0.05, 0.1) is 11.4 Å². The lowest BCUT2D eigenvalue weighted by atomic mass is 9.95. The van der Waals surface area contributed by atoms with Crippen molar-refractivity contribution in [3.8, 4) is 0 Å². The molecule has 1 heterocycles. The van der Waals surface area contributed by atoms with E-state index in [2.05, 4.69) is 10.0 Å². The number of rotatable bonds is 7. The van der Waals surface area contributed by atoms with Gasteiger partial charge >= 0.3 is 0 Å². The van der Waals surface area contributed by atoms with Crippen molar-refractivity contribution in [2.75, 3.05) is 26.0 Å². The van der Waals surface area contributed by atoms with E-state index in [1.807, 2.05) is 20.9 Å². The summed E-state index contributed by atoms with van der Waals surface area (Å²) in [5.41, 5.74) is -0.225. The minimum absolute atomic E-state index is 0.0167. The molecule has 0 spiro atoms. The Morgan fingerprint density at radius 1 is 1.33 bits per heavy atom. The number of unbranched alkanes of at least 4 members (excludes halogenated alkanes) is 1. The van der Waals surface area contributed by atoms with E-state index in [1.54, 1.807) is 0 Å². The van der Waals surface area contributed by atoms with Crippen LogP contribution < -0.4 is 10.0 Å². The molecule has 5 nitrogen and oxygen atoms in total. The van der Waals surface area contributed by atoms with Gasteiger partial charge in [-0.05, 0) is 53.1 Å². The maximum Gasteiger partial charge on any atom is 0.211 e. The van der Waals surface area contributed by atoms with Gasteiger partial charge in [0.25, 0.3) is 0 Å². The molecular formula is C12H26N2O3S. The van der Waals surface area contributed by atoms with Crippen LogP contribution in [0.2, 0.25) is 0 Å². The highest BCUT2D eigenvalue weighted by Crippen LogP contribution is 2.24. The van der Waals surface area contributed by atoms with E-state index in [0.29, 0.717) is 13.0 Å². The Kier molecular flexibility index (Phi) is 6.04. The molecule has 0 aromatic rings. The Bertz CT molecular complexity index is 341. The molecule has 1 unspecified atom stereocenters. The van der Waals surface area contributed by atoms with Crippen LogP contribution in [0.3, 0.4) is 0 Å². The number of hydrogen-bond acceptors (Lipinski definition) is 4. The second-order valence-corrected chi connectivity index (χ2v) is 7.42. The molecule has 6 heteroatoms. The average Bonchev–Trinajstić information content (AvgIpc) is 2.22. The lowest BCUT2D eigenvalue weighted by Gasteiger charge is -2.35. The first kappa shape index (κ1) is 15.9. The van der Waals surface area contributed by atoms with Gasteiger partial charge in [0.2, 0.25) is 10.0 Å². The van der Waals surface area contributed by atoms with E-state index in [4.69, 9.17) is 4.74 Å². The molecule has 0 aromatic heterocycles. The molecule has 1 atom stereocenters. The minimum Gasteiger partial charge on any atom is -0.375 e. The monoisotopic (exact) mass is 278 g/mol. The molecule has 0 aromatic carbocycles. The van der Waals surface area contributed by atoms with Crippen molar-refractivity contribution in [2.24, 2.45) is 0 Å². The Hall–Kier alpha value is -0.170. The topological polar surface area (TPSA) is 67.4 Å². The zero-order valence-electron chi connectivity index (χ0n) is 11.7. The fourth-order valence-electron chi connectivity index (χ4n) is 2.24. The fraction of sp³-hybridized carbons (Fsp3) is 1.00. The van der Waals surface area contributed by atoms with Crippen LogP contribution in [0.25, 0.3) is 0 Å². The number of ether oxygens (including phenoxy) is 1. The van der Waals surface area contributed by atoms with Gasteiger partial charge in [-0.2, -0.15) is 0 Å². The maximum atomic E-state index is 11.9. The summed E-state index contributed by atoms with van der Waals surface area (Å²) < 4.78 is 32.2. The van der Waals surface area contributed by atoms with Gasteiger partial charge in [-0.25, -0.2) is 13.1 Å². The lowest BCUT2D eigenvalue weighted by Crippen LogP contribution is -2.46. The summed E-state index contributed by atoms with van der Waals surface area (Å²) in [6.07, 6.45) is 3.08. The van der Waals surface area contributed by atoms with Gasteiger partial charge in [-0.1, -0.05) is 0 Å². The van der Waals surface area contributed by atoms with Crippen LogP contribution in [0, 0.1) is 0 Å². The predicted octanol–water partition coefficient (Wildman–Crippen LogP) is 0.863. The molecule has 0 saturated carbocycles. The zero-order valence-corrected chi connectivity index (χ0v) is 12.5. The molecule has 0 bridgehead atoms. The van der Waals surface area contributed by atoms with Crippen LogP contribution in [0.15, 0.2) is 0 Å². The predicted molar refractivity (Wildman–Crippen MR) is 73.1 cm³/mol. The van der Waals surface area contributed by atoms with Crippen LogP contribution in [0.4, 0.5) is 0 Å². The number of hydrogen-bond donors (Lipinski definition) is 2. The van der Waals surface area contributed by atoms with Gasteiger partial charge in [0.1, 0.15) is 0 Å². The Balaban J connectivity index is 2.35. The van der Waals surface area contributed by atoms with E-state index < -0.39 is 10.0 Å². The van der Waals surface area contributed by atoms with Crippen LogP contribution in [-0.4, -0.2) is 46.0 Å². The number of sulfonamides is 1. The van der Waals surface area contributed by atoms with Crippen molar-refractivity contribution in [1.29, 1.82) is 0 Å². The van der Waals surface area contributed by atoms with Crippen molar-refractivity contribution >= 4 is 10.0 Å². The molecule has 1 aliphatic rings. The third-order valence-electron chi connectivity index (χ3n) is 3.13. The highest BCUT2D eigenvalue weighted by Gasteiger charge is 2.30. The second kappa shape index (κ2) is 6.84. The first-order chi connectivity index (χ1) is 8.35. The smallest absolute Gasteiger partial charge is 0.211 e. The first-order valence-electron chi connectivity index (χ1n) is 6.63. The molecule has 0 aliphatic carbocycles. The van der Waals surface area contributed by atoms with Crippen LogP contribution >= 0.6 is 0 Å². The fourth-order valence-corrected chi connectivity index (χ4v) is 3.65. The molecule has 108 valence electrons. The molecule has 18 heavy (non-hydrogen) atoms. The van der Waals surface area contributed by atoms with E-state index in [9.17, 15) is 8.42 Å². The quantitative estimate of drug-likeness (QED) is 0.678. The molecule has 1 rings (SSSR count). The Labute approximate surface area is 111 Å². The van der Waals surface area contributed by atoms with Gasteiger partial charge < -0.3 is 10.1 Å². The minimum atomic E-state index is -3.15. The summed E-state index contributed by atoms with van der Waals surface area (Å²) in [6.45, 7) is 5.49. The Morgan fingerprint density at radius 3 is 2.67 bits per heavy atom. The van der Waals surface area contributed by atoms with Crippen LogP contribution in [0.5, 0.6) is 0 Å². The summed E-state index contributed by atoms with van der Waals surface area (Å²) in [4.78, 5) is 0. The first-order valence-corrected chi connectivity index (χ1v) is 8.28. The molecule has 1 fully saturated rings. The summed E-state index contributed by atoms with van der Waals surface area (Å²) in [5.74, 6) is 0.215. The van der Waals surface area contributed by atoms with Crippen molar-refractivity contribution in [3.05, 3.63) is 0 Å². The van der Waals surface area contributed by atoms with E-state index >= 15 is 0 Å². The molecule has 0 radical (unpaired) electrons. The van der Waals surface area contributed by atoms with Gasteiger partial charge in [0, 0.05) is 12.6 Å². The molecule has 1 aliphatic heterocycles. The Morgan fingerprint density at radius 2 is 2.06 bits per heavy atom. The van der Waals surface area contributed by atoms with E-state index in [1.165, 1.54) is 0 Å². The van der Waals surface area contributed by atoms with E-state index in [-0.39, 0.29) is 17.4 Å². The summed E-state index contributed by atoms with van der Waals surface area (Å²) in [6, 6.07) is 0.0167. The van der Waals surface area contributed by atoms with E-state index in [0.717, 1.165) is 25.8 Å². The number of nitrogens with one attached hydrogen (secondary N) is 2. The molecule has 0 amide bonds. The third-order valence-corrected chi connectivity index (χ3v) is 4.65. The van der Waals surface area contributed by atoms with Gasteiger partial charge in [-0.3, -0.25) is 0 Å². The normalized spacial score (nSPS) is 24.1. The summed E-state index contributed by atoms with van der Waals surface area (Å²) >= 11 is 0.